The zero-order valence-corrected chi connectivity index (χ0v) is 11.5. The van der Waals surface area contributed by atoms with E-state index in [4.69, 9.17) is 23.2 Å². The second-order valence-electron chi connectivity index (χ2n) is 4.44. The molecule has 1 unspecified atom stereocenters. The number of carbonyl (C=O) groups is 1. The monoisotopic (exact) mass is 291 g/mol. The smallest absolute Gasteiger partial charge is 0.256 e. The summed E-state index contributed by atoms with van der Waals surface area (Å²) in [6.45, 7) is 0. The minimum atomic E-state index is -1.16. The Morgan fingerprint density at radius 2 is 1.47 bits per heavy atom. The van der Waals surface area contributed by atoms with Gasteiger partial charge in [0.2, 0.25) is 4.46 Å². The molecule has 0 bridgehead atoms. The number of benzene rings is 2. The molecule has 1 aliphatic rings. The SMILES string of the molecule is O=C(c1ccccc1)N1C(c2ccccc2)C1(Cl)Cl. The highest BCUT2D eigenvalue weighted by atomic mass is 35.5. The summed E-state index contributed by atoms with van der Waals surface area (Å²) < 4.78 is -1.16. The Morgan fingerprint density at radius 3 is 2.05 bits per heavy atom. The van der Waals surface area contributed by atoms with Gasteiger partial charge in [0, 0.05) is 5.56 Å². The van der Waals surface area contributed by atoms with E-state index in [1.807, 2.05) is 48.5 Å². The van der Waals surface area contributed by atoms with Crippen molar-refractivity contribution in [2.45, 2.75) is 10.5 Å². The number of halogens is 2. The molecule has 3 rings (SSSR count). The van der Waals surface area contributed by atoms with E-state index in [9.17, 15) is 4.79 Å². The van der Waals surface area contributed by atoms with Crippen molar-refractivity contribution < 1.29 is 4.79 Å². The highest BCUT2D eigenvalue weighted by Gasteiger charge is 2.64. The molecular weight excluding hydrogens is 281 g/mol. The molecular formula is C15H11Cl2NO. The van der Waals surface area contributed by atoms with Gasteiger partial charge in [0.25, 0.3) is 5.91 Å². The van der Waals surface area contributed by atoms with Crippen LogP contribution in [0.5, 0.6) is 0 Å². The maximum absolute atomic E-state index is 12.4. The van der Waals surface area contributed by atoms with Crippen LogP contribution in [0.1, 0.15) is 22.0 Å². The summed E-state index contributed by atoms with van der Waals surface area (Å²) in [5.41, 5.74) is 1.53. The van der Waals surface area contributed by atoms with Crippen LogP contribution in [0.25, 0.3) is 0 Å². The Hall–Kier alpha value is -1.51. The van der Waals surface area contributed by atoms with Gasteiger partial charge >= 0.3 is 0 Å². The summed E-state index contributed by atoms with van der Waals surface area (Å²) >= 11 is 12.4. The van der Waals surface area contributed by atoms with E-state index in [0.717, 1.165) is 5.56 Å². The molecule has 96 valence electrons. The summed E-state index contributed by atoms with van der Waals surface area (Å²) in [5, 5.41) is 0. The van der Waals surface area contributed by atoms with Crippen molar-refractivity contribution in [3.63, 3.8) is 0 Å². The van der Waals surface area contributed by atoms with Crippen molar-refractivity contribution in [3.8, 4) is 0 Å². The fraction of sp³-hybridized carbons (Fsp3) is 0.133. The van der Waals surface area contributed by atoms with Gasteiger partial charge in [-0.25, -0.2) is 0 Å². The number of hydrogen-bond acceptors (Lipinski definition) is 1. The van der Waals surface area contributed by atoms with E-state index in [2.05, 4.69) is 0 Å². The molecule has 1 amide bonds. The molecule has 1 atom stereocenters. The van der Waals surface area contributed by atoms with Gasteiger partial charge in [-0.05, 0) is 17.7 Å². The molecule has 0 aliphatic carbocycles. The Kier molecular flexibility index (Phi) is 3.00. The average Bonchev–Trinajstić information content (AvgIpc) is 3.02. The van der Waals surface area contributed by atoms with Crippen molar-refractivity contribution >= 4 is 29.1 Å². The van der Waals surface area contributed by atoms with Crippen LogP contribution in [0, 0.1) is 0 Å². The van der Waals surface area contributed by atoms with Crippen LogP contribution in [0.4, 0.5) is 0 Å². The Labute approximate surface area is 121 Å². The number of carbonyl (C=O) groups excluding carboxylic acids is 1. The summed E-state index contributed by atoms with van der Waals surface area (Å²) in [5.74, 6) is -0.153. The van der Waals surface area contributed by atoms with Crippen LogP contribution >= 0.6 is 23.2 Å². The van der Waals surface area contributed by atoms with E-state index in [1.165, 1.54) is 4.90 Å². The molecule has 1 fully saturated rings. The molecule has 2 aromatic rings. The van der Waals surface area contributed by atoms with Gasteiger partial charge in [0.05, 0.1) is 0 Å². The lowest BCUT2D eigenvalue weighted by molar-refractivity contribution is 0.0867. The lowest BCUT2D eigenvalue weighted by Crippen LogP contribution is -2.15. The van der Waals surface area contributed by atoms with Crippen LogP contribution in [-0.2, 0) is 0 Å². The molecule has 1 saturated heterocycles. The molecule has 1 aliphatic heterocycles. The van der Waals surface area contributed by atoms with E-state index in [-0.39, 0.29) is 11.9 Å². The van der Waals surface area contributed by atoms with Crippen molar-refractivity contribution in [1.82, 2.24) is 4.90 Å². The number of hydrogen-bond donors (Lipinski definition) is 0. The van der Waals surface area contributed by atoms with Gasteiger partial charge in [-0.1, -0.05) is 71.7 Å². The lowest BCUT2D eigenvalue weighted by atomic mass is 10.1. The molecule has 1 heterocycles. The van der Waals surface area contributed by atoms with E-state index < -0.39 is 4.46 Å². The zero-order chi connectivity index (χ0) is 13.5. The highest BCUT2D eigenvalue weighted by molar-refractivity contribution is 6.52. The Bertz CT molecular complexity index is 598. The zero-order valence-electron chi connectivity index (χ0n) is 9.96. The van der Waals surface area contributed by atoms with Crippen LogP contribution in [0.15, 0.2) is 60.7 Å². The number of nitrogens with zero attached hydrogens (tertiary/aromatic N) is 1. The van der Waals surface area contributed by atoms with Gasteiger partial charge in [-0.15, -0.1) is 0 Å². The topological polar surface area (TPSA) is 20.1 Å². The predicted octanol–water partition coefficient (Wildman–Crippen LogP) is 4.02. The number of alkyl halides is 2. The van der Waals surface area contributed by atoms with E-state index in [1.54, 1.807) is 12.1 Å². The van der Waals surface area contributed by atoms with Crippen molar-refractivity contribution in [2.24, 2.45) is 0 Å². The predicted molar refractivity (Wildman–Crippen MR) is 76.2 cm³/mol. The molecule has 0 radical (unpaired) electrons. The van der Waals surface area contributed by atoms with Gasteiger partial charge in [-0.2, -0.15) is 0 Å². The molecule has 0 N–H and O–H groups in total. The fourth-order valence-electron chi connectivity index (χ4n) is 2.20. The highest BCUT2D eigenvalue weighted by Crippen LogP contribution is 2.59. The molecule has 0 aromatic heterocycles. The first kappa shape index (κ1) is 12.5. The van der Waals surface area contributed by atoms with Crippen molar-refractivity contribution in [3.05, 3.63) is 71.8 Å². The second kappa shape index (κ2) is 4.55. The largest absolute Gasteiger partial charge is 0.293 e. The quantitative estimate of drug-likeness (QED) is 0.465. The van der Waals surface area contributed by atoms with Gasteiger partial charge in [0.1, 0.15) is 6.04 Å². The van der Waals surface area contributed by atoms with E-state index in [0.29, 0.717) is 5.56 Å². The number of rotatable bonds is 2. The maximum Gasteiger partial charge on any atom is 0.256 e. The maximum atomic E-state index is 12.4. The normalized spacial score (nSPS) is 20.1. The molecule has 0 spiro atoms. The first-order valence-corrected chi connectivity index (χ1v) is 6.69. The van der Waals surface area contributed by atoms with Gasteiger partial charge < -0.3 is 0 Å². The van der Waals surface area contributed by atoms with Gasteiger partial charge in [0.15, 0.2) is 0 Å². The molecule has 4 heteroatoms. The van der Waals surface area contributed by atoms with Crippen LogP contribution in [0.3, 0.4) is 0 Å². The number of amides is 1. The third-order valence-corrected chi connectivity index (χ3v) is 3.97. The van der Waals surface area contributed by atoms with Crippen LogP contribution < -0.4 is 0 Å². The summed E-state index contributed by atoms with van der Waals surface area (Å²) in [7, 11) is 0. The average molecular weight is 292 g/mol. The molecule has 2 aromatic carbocycles. The third-order valence-electron chi connectivity index (χ3n) is 3.20. The molecule has 19 heavy (non-hydrogen) atoms. The minimum Gasteiger partial charge on any atom is -0.293 e. The lowest BCUT2D eigenvalue weighted by Gasteiger charge is -2.04. The molecule has 2 nitrogen and oxygen atoms in total. The summed E-state index contributed by atoms with van der Waals surface area (Å²) in [6.07, 6.45) is 0. The standard InChI is InChI=1S/C15H11Cl2NO/c16-15(17)13(11-7-3-1-4-8-11)18(15)14(19)12-9-5-2-6-10-12/h1-10,13H. The second-order valence-corrected chi connectivity index (χ2v) is 5.79. The van der Waals surface area contributed by atoms with E-state index >= 15 is 0 Å². The molecule has 0 saturated carbocycles. The third kappa shape index (κ3) is 2.11. The fourth-order valence-corrected chi connectivity index (χ4v) is 2.90. The summed E-state index contributed by atoms with van der Waals surface area (Å²) in [4.78, 5) is 13.9. The van der Waals surface area contributed by atoms with Crippen molar-refractivity contribution in [1.29, 1.82) is 0 Å². The van der Waals surface area contributed by atoms with Gasteiger partial charge in [-0.3, -0.25) is 9.69 Å². The Balaban J connectivity index is 1.89. The first-order chi connectivity index (χ1) is 9.12. The van der Waals surface area contributed by atoms with Crippen molar-refractivity contribution in [2.75, 3.05) is 0 Å². The van der Waals surface area contributed by atoms with Crippen LogP contribution in [0.2, 0.25) is 0 Å². The van der Waals surface area contributed by atoms with Crippen LogP contribution in [-0.4, -0.2) is 15.3 Å². The Morgan fingerprint density at radius 1 is 0.947 bits per heavy atom. The first-order valence-electron chi connectivity index (χ1n) is 5.94. The summed E-state index contributed by atoms with van der Waals surface area (Å²) in [6, 6.07) is 18.3. The minimum absolute atomic E-state index is 0.153.